The Kier molecular flexibility index (Phi) is 6.16. The van der Waals surface area contributed by atoms with Gasteiger partial charge in [-0.2, -0.15) is 5.10 Å². The lowest BCUT2D eigenvalue weighted by Gasteiger charge is -2.07. The normalized spacial score (nSPS) is 11.0. The summed E-state index contributed by atoms with van der Waals surface area (Å²) in [5, 5.41) is 25.5. The van der Waals surface area contributed by atoms with E-state index in [1.54, 1.807) is 31.2 Å². The van der Waals surface area contributed by atoms with Gasteiger partial charge in [0.2, 0.25) is 5.75 Å². The zero-order valence-corrected chi connectivity index (χ0v) is 16.2. The van der Waals surface area contributed by atoms with Crippen LogP contribution >= 0.6 is 0 Å². The summed E-state index contributed by atoms with van der Waals surface area (Å²) in [6.45, 7) is 4.28. The van der Waals surface area contributed by atoms with Crippen molar-refractivity contribution in [2.24, 2.45) is 5.10 Å². The highest BCUT2D eigenvalue weighted by molar-refractivity contribution is 5.97. The second kappa shape index (κ2) is 8.95. The molecule has 156 valence electrons. The van der Waals surface area contributed by atoms with Crippen molar-refractivity contribution in [3.63, 3.8) is 0 Å². The highest BCUT2D eigenvalue weighted by Crippen LogP contribution is 2.36. The molecule has 0 aliphatic carbocycles. The first-order chi connectivity index (χ1) is 14.4. The van der Waals surface area contributed by atoms with Crippen molar-refractivity contribution < 1.29 is 28.7 Å². The number of benzene rings is 2. The van der Waals surface area contributed by atoms with Crippen LogP contribution in [0.2, 0.25) is 0 Å². The summed E-state index contributed by atoms with van der Waals surface area (Å²) in [4.78, 5) is 22.7. The Balaban J connectivity index is 1.77. The zero-order valence-electron chi connectivity index (χ0n) is 16.2. The first-order valence-corrected chi connectivity index (χ1v) is 9.07. The molecule has 0 spiro atoms. The molecule has 0 fully saturated rings. The average molecular weight is 413 g/mol. The van der Waals surface area contributed by atoms with E-state index in [1.807, 2.05) is 6.92 Å². The maximum absolute atomic E-state index is 12.3. The number of phenolic OH excluding ortho intramolecular Hbond substituents is 1. The first-order valence-electron chi connectivity index (χ1n) is 9.07. The van der Waals surface area contributed by atoms with Crippen LogP contribution in [0, 0.1) is 10.1 Å². The largest absolute Gasteiger partial charge is 0.500 e. The number of hydrazone groups is 1. The molecule has 1 aromatic heterocycles. The standard InChI is InChI=1S/C20H19N3O7/c1-3-28-14-5-6-16-13(9-14)10-18(30-16)20(25)22-21-11-12-7-15(23(26)27)19(24)17(8-12)29-4-2/h5-11,24H,3-4H2,1-2H3,(H,22,25)/b21-11+. The van der Waals surface area contributed by atoms with Crippen LogP contribution in [0.25, 0.3) is 11.0 Å². The van der Waals surface area contributed by atoms with Gasteiger partial charge in [-0.15, -0.1) is 0 Å². The van der Waals surface area contributed by atoms with Crippen molar-refractivity contribution in [2.75, 3.05) is 13.2 Å². The summed E-state index contributed by atoms with van der Waals surface area (Å²) in [6.07, 6.45) is 1.20. The monoisotopic (exact) mass is 413 g/mol. The average Bonchev–Trinajstić information content (AvgIpc) is 3.14. The van der Waals surface area contributed by atoms with Gasteiger partial charge in [-0.25, -0.2) is 5.43 Å². The molecule has 0 aliphatic rings. The van der Waals surface area contributed by atoms with Gasteiger partial charge in [-0.3, -0.25) is 14.9 Å². The maximum atomic E-state index is 12.3. The van der Waals surface area contributed by atoms with Crippen LogP contribution in [0.4, 0.5) is 5.69 Å². The number of hydrogen-bond donors (Lipinski definition) is 2. The van der Waals surface area contributed by atoms with E-state index in [0.717, 1.165) is 6.07 Å². The number of nitro benzene ring substituents is 1. The Bertz CT molecular complexity index is 1120. The maximum Gasteiger partial charge on any atom is 0.315 e. The molecule has 2 N–H and O–H groups in total. The second-order valence-corrected chi connectivity index (χ2v) is 6.02. The number of ether oxygens (including phenoxy) is 2. The van der Waals surface area contributed by atoms with Crippen LogP contribution in [0.3, 0.4) is 0 Å². The predicted octanol–water partition coefficient (Wildman–Crippen LogP) is 3.61. The van der Waals surface area contributed by atoms with Gasteiger partial charge in [0, 0.05) is 17.0 Å². The third-order valence-corrected chi connectivity index (χ3v) is 3.98. The highest BCUT2D eigenvalue weighted by atomic mass is 16.6. The fourth-order valence-corrected chi connectivity index (χ4v) is 2.70. The zero-order chi connectivity index (χ0) is 21.7. The molecule has 0 unspecified atom stereocenters. The minimum Gasteiger partial charge on any atom is -0.500 e. The number of phenols is 1. The molecule has 10 heteroatoms. The molecule has 1 heterocycles. The number of aromatic hydroxyl groups is 1. The lowest BCUT2D eigenvalue weighted by Crippen LogP contribution is -2.16. The number of fused-ring (bicyclic) bond motifs is 1. The molecule has 2 aromatic carbocycles. The molecular weight excluding hydrogens is 394 g/mol. The van der Waals surface area contributed by atoms with Gasteiger partial charge >= 0.3 is 11.6 Å². The van der Waals surface area contributed by atoms with Gasteiger partial charge in [0.05, 0.1) is 24.4 Å². The number of furan rings is 1. The number of rotatable bonds is 8. The topological polar surface area (TPSA) is 136 Å². The lowest BCUT2D eigenvalue weighted by atomic mass is 10.2. The fraction of sp³-hybridized carbons (Fsp3) is 0.200. The molecule has 0 atom stereocenters. The van der Waals surface area contributed by atoms with Crippen LogP contribution < -0.4 is 14.9 Å². The molecule has 1 amide bonds. The van der Waals surface area contributed by atoms with Gasteiger partial charge in [0.25, 0.3) is 0 Å². The van der Waals surface area contributed by atoms with Gasteiger partial charge in [-0.1, -0.05) is 0 Å². The SMILES string of the molecule is CCOc1ccc2oc(C(=O)N/N=C/c3cc(OCC)c(O)c([N+](=O)[O-])c3)cc2c1. The van der Waals surface area contributed by atoms with Crippen molar-refractivity contribution >= 4 is 28.8 Å². The molecule has 0 radical (unpaired) electrons. The molecule has 0 aliphatic heterocycles. The van der Waals surface area contributed by atoms with E-state index >= 15 is 0 Å². The molecule has 0 bridgehead atoms. The van der Waals surface area contributed by atoms with Crippen molar-refractivity contribution in [1.82, 2.24) is 5.43 Å². The Morgan fingerprint density at radius 2 is 2.00 bits per heavy atom. The predicted molar refractivity (Wildman–Crippen MR) is 108 cm³/mol. The summed E-state index contributed by atoms with van der Waals surface area (Å²) < 4.78 is 16.1. The third-order valence-electron chi connectivity index (χ3n) is 3.98. The fourth-order valence-electron chi connectivity index (χ4n) is 2.70. The van der Waals surface area contributed by atoms with Crippen LogP contribution in [-0.2, 0) is 0 Å². The van der Waals surface area contributed by atoms with Gasteiger partial charge in [-0.05, 0) is 44.2 Å². The van der Waals surface area contributed by atoms with Crippen LogP contribution in [-0.4, -0.2) is 35.4 Å². The van der Waals surface area contributed by atoms with E-state index in [0.29, 0.717) is 23.3 Å². The van der Waals surface area contributed by atoms with Gasteiger partial charge < -0.3 is 19.0 Å². The number of nitrogens with zero attached hydrogens (tertiary/aromatic N) is 2. The lowest BCUT2D eigenvalue weighted by molar-refractivity contribution is -0.386. The van der Waals surface area contributed by atoms with E-state index in [-0.39, 0.29) is 23.7 Å². The molecule has 3 rings (SSSR count). The molecular formula is C20H19N3O7. The van der Waals surface area contributed by atoms with E-state index in [1.165, 1.54) is 12.3 Å². The summed E-state index contributed by atoms with van der Waals surface area (Å²) >= 11 is 0. The van der Waals surface area contributed by atoms with Crippen molar-refractivity contribution in [2.45, 2.75) is 13.8 Å². The molecule has 30 heavy (non-hydrogen) atoms. The number of amides is 1. The Hall–Kier alpha value is -4.08. The highest BCUT2D eigenvalue weighted by Gasteiger charge is 2.20. The smallest absolute Gasteiger partial charge is 0.315 e. The molecule has 10 nitrogen and oxygen atoms in total. The number of carbonyl (C=O) groups excluding carboxylic acids is 1. The van der Waals surface area contributed by atoms with Crippen LogP contribution in [0.5, 0.6) is 17.2 Å². The van der Waals surface area contributed by atoms with E-state index in [2.05, 4.69) is 10.5 Å². The van der Waals surface area contributed by atoms with E-state index in [4.69, 9.17) is 13.9 Å². The summed E-state index contributed by atoms with van der Waals surface area (Å²) in [5.41, 5.74) is 2.54. The summed E-state index contributed by atoms with van der Waals surface area (Å²) in [6, 6.07) is 9.24. The molecule has 0 saturated carbocycles. The van der Waals surface area contributed by atoms with Crippen molar-refractivity contribution in [3.8, 4) is 17.2 Å². The van der Waals surface area contributed by atoms with E-state index in [9.17, 15) is 20.0 Å². The van der Waals surface area contributed by atoms with Gasteiger partial charge in [0.1, 0.15) is 11.3 Å². The Morgan fingerprint density at radius 1 is 1.23 bits per heavy atom. The van der Waals surface area contributed by atoms with Gasteiger partial charge in [0.15, 0.2) is 11.5 Å². The quantitative estimate of drug-likeness (QED) is 0.327. The summed E-state index contributed by atoms with van der Waals surface area (Å²) in [5.74, 6) is -0.519. The van der Waals surface area contributed by atoms with E-state index < -0.39 is 22.3 Å². The molecule has 0 saturated heterocycles. The van der Waals surface area contributed by atoms with Crippen LogP contribution in [0.1, 0.15) is 30.0 Å². The van der Waals surface area contributed by atoms with Crippen molar-refractivity contribution in [3.05, 3.63) is 57.8 Å². The van der Waals surface area contributed by atoms with Crippen molar-refractivity contribution in [1.29, 1.82) is 0 Å². The Morgan fingerprint density at radius 3 is 2.70 bits per heavy atom. The molecule has 3 aromatic rings. The minimum absolute atomic E-state index is 0.0440. The summed E-state index contributed by atoms with van der Waals surface area (Å²) in [7, 11) is 0. The number of carbonyl (C=O) groups is 1. The Labute approximate surface area is 170 Å². The second-order valence-electron chi connectivity index (χ2n) is 6.02. The number of hydrogen-bond acceptors (Lipinski definition) is 8. The number of nitrogens with one attached hydrogen (secondary N) is 1. The number of nitro groups is 1. The first kappa shape index (κ1) is 20.6. The van der Waals surface area contributed by atoms with Crippen LogP contribution in [0.15, 0.2) is 45.9 Å². The minimum atomic E-state index is -0.737. The third kappa shape index (κ3) is 4.49.